The normalized spacial score (nSPS) is 12.6. The highest BCUT2D eigenvalue weighted by Crippen LogP contribution is 2.21. The second-order valence-electron chi connectivity index (χ2n) is 3.17. The van der Waals surface area contributed by atoms with Crippen LogP contribution in [-0.4, -0.2) is 31.1 Å². The van der Waals surface area contributed by atoms with Crippen molar-refractivity contribution in [3.63, 3.8) is 0 Å². The van der Waals surface area contributed by atoms with Gasteiger partial charge in [0.05, 0.1) is 24.0 Å². The number of benzene rings is 1. The van der Waals surface area contributed by atoms with Crippen LogP contribution in [0.25, 0.3) is 0 Å². The van der Waals surface area contributed by atoms with Crippen molar-refractivity contribution in [2.24, 2.45) is 0 Å². The lowest BCUT2D eigenvalue weighted by Crippen LogP contribution is -2.08. The summed E-state index contributed by atoms with van der Waals surface area (Å²) in [5.41, 5.74) is 0.268. The lowest BCUT2D eigenvalue weighted by molar-refractivity contribution is 0.394. The molecule has 0 saturated carbocycles. The molecule has 0 saturated heterocycles. The fourth-order valence-corrected chi connectivity index (χ4v) is 2.86. The van der Waals surface area contributed by atoms with Gasteiger partial charge >= 0.3 is 0 Å². The SMILES string of the molecule is COS(=O)(=O)c1ccc(S(=O)(=O)OC)c(C)c1. The van der Waals surface area contributed by atoms with E-state index in [1.54, 1.807) is 0 Å². The van der Waals surface area contributed by atoms with E-state index in [4.69, 9.17) is 0 Å². The summed E-state index contributed by atoms with van der Waals surface area (Å²) in [6.07, 6.45) is 0. The molecule has 0 spiro atoms. The van der Waals surface area contributed by atoms with Crippen LogP contribution in [0.15, 0.2) is 28.0 Å². The maximum Gasteiger partial charge on any atom is 0.296 e. The Morgan fingerprint density at radius 1 is 0.941 bits per heavy atom. The van der Waals surface area contributed by atoms with Gasteiger partial charge in [0, 0.05) is 0 Å². The van der Waals surface area contributed by atoms with Gasteiger partial charge in [-0.15, -0.1) is 0 Å². The van der Waals surface area contributed by atoms with Crippen molar-refractivity contribution in [2.45, 2.75) is 16.7 Å². The standard InChI is InChI=1S/C9H12O6S2/c1-7-6-8(16(10,11)14-2)4-5-9(7)17(12,13)15-3/h4-6H,1-3H3. The zero-order valence-corrected chi connectivity index (χ0v) is 11.1. The zero-order valence-electron chi connectivity index (χ0n) is 9.50. The highest BCUT2D eigenvalue weighted by Gasteiger charge is 2.20. The highest BCUT2D eigenvalue weighted by molar-refractivity contribution is 7.87. The van der Waals surface area contributed by atoms with Crippen molar-refractivity contribution in [1.29, 1.82) is 0 Å². The quantitative estimate of drug-likeness (QED) is 0.753. The van der Waals surface area contributed by atoms with E-state index in [1.165, 1.54) is 19.1 Å². The molecule has 1 aromatic carbocycles. The summed E-state index contributed by atoms with van der Waals surface area (Å²) in [6, 6.07) is 3.53. The Kier molecular flexibility index (Phi) is 3.92. The Morgan fingerprint density at radius 3 is 1.88 bits per heavy atom. The molecule has 0 fully saturated rings. The molecular formula is C9H12O6S2. The van der Waals surface area contributed by atoms with Crippen molar-refractivity contribution in [2.75, 3.05) is 14.2 Å². The van der Waals surface area contributed by atoms with Crippen molar-refractivity contribution in [3.05, 3.63) is 23.8 Å². The number of hydrogen-bond acceptors (Lipinski definition) is 6. The van der Waals surface area contributed by atoms with Gasteiger partial charge in [0.15, 0.2) is 0 Å². The van der Waals surface area contributed by atoms with Gasteiger partial charge in [-0.05, 0) is 30.7 Å². The van der Waals surface area contributed by atoms with Crippen LogP contribution in [0, 0.1) is 6.92 Å². The Bertz CT molecular complexity index is 615. The van der Waals surface area contributed by atoms with Gasteiger partial charge in [0.25, 0.3) is 20.2 Å². The smallest absolute Gasteiger partial charge is 0.270 e. The van der Waals surface area contributed by atoms with E-state index in [-0.39, 0.29) is 15.4 Å². The van der Waals surface area contributed by atoms with E-state index in [0.29, 0.717) is 0 Å². The van der Waals surface area contributed by atoms with Gasteiger partial charge in [-0.25, -0.2) is 0 Å². The second-order valence-corrected chi connectivity index (χ2v) is 6.56. The van der Waals surface area contributed by atoms with E-state index in [0.717, 1.165) is 20.3 Å². The van der Waals surface area contributed by atoms with Crippen LogP contribution in [0.1, 0.15) is 5.56 Å². The van der Waals surface area contributed by atoms with Gasteiger partial charge in [0.1, 0.15) is 0 Å². The maximum atomic E-state index is 11.4. The van der Waals surface area contributed by atoms with Crippen LogP contribution in [0.5, 0.6) is 0 Å². The molecule has 0 amide bonds. The van der Waals surface area contributed by atoms with E-state index in [1.807, 2.05) is 0 Å². The lowest BCUT2D eigenvalue weighted by Gasteiger charge is -2.07. The first kappa shape index (κ1) is 14.1. The minimum absolute atomic E-state index is 0.0740. The molecule has 0 atom stereocenters. The Hall–Kier alpha value is -0.960. The molecule has 96 valence electrons. The molecule has 0 aliphatic heterocycles. The molecule has 1 rings (SSSR count). The van der Waals surface area contributed by atoms with E-state index in [9.17, 15) is 16.8 Å². The van der Waals surface area contributed by atoms with Gasteiger partial charge in [-0.3, -0.25) is 8.37 Å². The third kappa shape index (κ3) is 2.83. The van der Waals surface area contributed by atoms with Crippen LogP contribution in [0.3, 0.4) is 0 Å². The first-order valence-corrected chi connectivity index (χ1v) is 7.28. The summed E-state index contributed by atoms with van der Waals surface area (Å²) in [6.45, 7) is 1.47. The zero-order chi connectivity index (χ0) is 13.3. The molecule has 0 unspecified atom stereocenters. The average Bonchev–Trinajstić information content (AvgIpc) is 2.28. The molecule has 17 heavy (non-hydrogen) atoms. The van der Waals surface area contributed by atoms with Crippen LogP contribution >= 0.6 is 0 Å². The van der Waals surface area contributed by atoms with E-state index >= 15 is 0 Å². The molecule has 0 bridgehead atoms. The molecule has 0 aliphatic carbocycles. The fourth-order valence-electron chi connectivity index (χ4n) is 1.24. The predicted molar refractivity (Wildman–Crippen MR) is 59.6 cm³/mol. The van der Waals surface area contributed by atoms with Gasteiger partial charge in [-0.2, -0.15) is 16.8 Å². The van der Waals surface area contributed by atoms with Crippen LogP contribution in [-0.2, 0) is 28.6 Å². The van der Waals surface area contributed by atoms with Gasteiger partial charge in [-0.1, -0.05) is 0 Å². The van der Waals surface area contributed by atoms with Crippen LogP contribution in [0.4, 0.5) is 0 Å². The lowest BCUT2D eigenvalue weighted by atomic mass is 10.2. The molecule has 0 radical (unpaired) electrons. The largest absolute Gasteiger partial charge is 0.296 e. The van der Waals surface area contributed by atoms with E-state index in [2.05, 4.69) is 8.37 Å². The molecule has 0 aromatic heterocycles. The minimum Gasteiger partial charge on any atom is -0.270 e. The average molecular weight is 280 g/mol. The third-order valence-electron chi connectivity index (χ3n) is 2.14. The Morgan fingerprint density at radius 2 is 1.47 bits per heavy atom. The first-order valence-electron chi connectivity index (χ1n) is 4.46. The molecule has 1 aromatic rings. The molecule has 8 heteroatoms. The van der Waals surface area contributed by atoms with Crippen molar-refractivity contribution in [3.8, 4) is 0 Å². The van der Waals surface area contributed by atoms with Crippen molar-refractivity contribution >= 4 is 20.2 Å². The van der Waals surface area contributed by atoms with E-state index < -0.39 is 20.2 Å². The monoisotopic (exact) mass is 280 g/mol. The maximum absolute atomic E-state index is 11.4. The summed E-state index contributed by atoms with van der Waals surface area (Å²) in [7, 11) is -5.59. The number of hydrogen-bond donors (Lipinski definition) is 0. The number of aryl methyl sites for hydroxylation is 1. The fraction of sp³-hybridized carbons (Fsp3) is 0.333. The van der Waals surface area contributed by atoms with Crippen LogP contribution in [0.2, 0.25) is 0 Å². The molecule has 0 aliphatic rings. The van der Waals surface area contributed by atoms with Crippen molar-refractivity contribution in [1.82, 2.24) is 0 Å². The van der Waals surface area contributed by atoms with Crippen LogP contribution < -0.4 is 0 Å². The molecular weight excluding hydrogens is 268 g/mol. The summed E-state index contributed by atoms with van der Waals surface area (Å²) >= 11 is 0. The Labute approximate surface area is 100 Å². The predicted octanol–water partition coefficient (Wildman–Crippen LogP) is 0.665. The summed E-state index contributed by atoms with van der Waals surface area (Å²) in [4.78, 5) is -0.178. The molecule has 0 heterocycles. The summed E-state index contributed by atoms with van der Waals surface area (Å²) in [5.74, 6) is 0. The summed E-state index contributed by atoms with van der Waals surface area (Å²) in [5, 5.41) is 0. The second kappa shape index (κ2) is 4.73. The molecule has 0 N–H and O–H groups in total. The van der Waals surface area contributed by atoms with Gasteiger partial charge in [0.2, 0.25) is 0 Å². The molecule has 6 nitrogen and oxygen atoms in total. The summed E-state index contributed by atoms with van der Waals surface area (Å²) < 4.78 is 54.3. The first-order chi connectivity index (χ1) is 7.74. The number of rotatable bonds is 4. The topological polar surface area (TPSA) is 86.7 Å². The minimum atomic E-state index is -3.83. The highest BCUT2D eigenvalue weighted by atomic mass is 32.2. The van der Waals surface area contributed by atoms with Gasteiger partial charge < -0.3 is 0 Å². The van der Waals surface area contributed by atoms with Crippen molar-refractivity contribution < 1.29 is 25.2 Å². The third-order valence-corrected chi connectivity index (χ3v) is 4.85. The Balaban J connectivity index is 3.40.